The van der Waals surface area contributed by atoms with Gasteiger partial charge in [-0.15, -0.1) is 0 Å². The van der Waals surface area contributed by atoms with Crippen LogP contribution in [0.1, 0.15) is 77.6 Å². The van der Waals surface area contributed by atoms with Crippen molar-refractivity contribution in [3.8, 4) is 0 Å². The molecule has 4 unspecified atom stereocenters. The van der Waals surface area contributed by atoms with E-state index in [0.29, 0.717) is 12.1 Å². The number of amidine groups is 1. The highest BCUT2D eigenvalue weighted by Gasteiger charge is 2.42. The molecule has 152 valence electrons. The molecule has 4 nitrogen and oxygen atoms in total. The van der Waals surface area contributed by atoms with Gasteiger partial charge in [-0.1, -0.05) is 50.8 Å². The normalized spacial score (nSPS) is 40.1. The van der Waals surface area contributed by atoms with Gasteiger partial charge in [-0.25, -0.2) is 0 Å². The molecule has 0 spiro atoms. The molecule has 1 aliphatic heterocycles. The van der Waals surface area contributed by atoms with E-state index in [1.807, 2.05) is 0 Å². The van der Waals surface area contributed by atoms with Gasteiger partial charge in [-0.3, -0.25) is 9.79 Å². The second-order valence-corrected chi connectivity index (χ2v) is 10.6. The summed E-state index contributed by atoms with van der Waals surface area (Å²) >= 11 is 1.35. The zero-order valence-electron chi connectivity index (χ0n) is 16.7. The minimum Gasteiger partial charge on any atom is -0.481 e. The molecule has 0 radical (unpaired) electrons. The standard InChI is InChI=1S/C22H36N2O2S/c1-14-11-19-20(24-22(23-19)27-13-21(25)26)12-18(14)17-9-7-16(8-10-17)15-5-3-2-4-6-15/h14-20H,2-13H2,1H3,(H,23,24)(H,25,26). The molecule has 4 rings (SSSR count). The van der Waals surface area contributed by atoms with E-state index >= 15 is 0 Å². The second kappa shape index (κ2) is 8.75. The Bertz CT molecular complexity index is 553. The average molecular weight is 393 g/mol. The maximum atomic E-state index is 10.8. The Morgan fingerprint density at radius 2 is 1.70 bits per heavy atom. The van der Waals surface area contributed by atoms with Crippen molar-refractivity contribution in [2.75, 3.05) is 5.75 Å². The van der Waals surface area contributed by atoms with Gasteiger partial charge >= 0.3 is 5.97 Å². The minimum atomic E-state index is -0.764. The number of aliphatic imine (C=N–C) groups is 1. The van der Waals surface area contributed by atoms with Crippen molar-refractivity contribution >= 4 is 22.9 Å². The van der Waals surface area contributed by atoms with Crippen LogP contribution in [0.2, 0.25) is 0 Å². The van der Waals surface area contributed by atoms with Crippen molar-refractivity contribution in [3.05, 3.63) is 0 Å². The number of fused-ring (bicyclic) bond motifs is 1. The average Bonchev–Trinajstić information content (AvgIpc) is 3.08. The summed E-state index contributed by atoms with van der Waals surface area (Å²) in [4.78, 5) is 15.7. The predicted molar refractivity (Wildman–Crippen MR) is 112 cm³/mol. The third kappa shape index (κ3) is 4.65. The number of hydrogen-bond acceptors (Lipinski definition) is 4. The summed E-state index contributed by atoms with van der Waals surface area (Å²) in [5.41, 5.74) is 0. The third-order valence-electron chi connectivity index (χ3n) is 8.00. The van der Waals surface area contributed by atoms with E-state index < -0.39 is 5.97 Å². The summed E-state index contributed by atoms with van der Waals surface area (Å²) < 4.78 is 0. The number of aliphatic carboxylic acids is 1. The lowest BCUT2D eigenvalue weighted by Gasteiger charge is -2.44. The molecule has 0 bridgehead atoms. The van der Waals surface area contributed by atoms with E-state index in [2.05, 4.69) is 12.2 Å². The molecule has 3 fully saturated rings. The van der Waals surface area contributed by atoms with Gasteiger partial charge in [-0.05, 0) is 68.1 Å². The number of carbonyl (C=O) groups is 1. The predicted octanol–water partition coefficient (Wildman–Crippen LogP) is 4.93. The molecule has 0 aromatic heterocycles. The van der Waals surface area contributed by atoms with Crippen molar-refractivity contribution < 1.29 is 9.90 Å². The van der Waals surface area contributed by atoms with Crippen LogP contribution in [0.25, 0.3) is 0 Å². The number of nitrogens with zero attached hydrogens (tertiary/aromatic N) is 1. The Balaban J connectivity index is 1.30. The van der Waals surface area contributed by atoms with Gasteiger partial charge in [0.25, 0.3) is 0 Å². The second-order valence-electron chi connectivity index (χ2n) is 9.62. The Labute approximate surface area is 168 Å². The zero-order chi connectivity index (χ0) is 18.8. The highest BCUT2D eigenvalue weighted by Crippen LogP contribution is 2.47. The van der Waals surface area contributed by atoms with Crippen LogP contribution in [0.15, 0.2) is 4.99 Å². The van der Waals surface area contributed by atoms with Crippen molar-refractivity contribution in [2.45, 2.75) is 89.6 Å². The van der Waals surface area contributed by atoms with E-state index in [0.717, 1.165) is 34.8 Å². The topological polar surface area (TPSA) is 61.7 Å². The maximum Gasteiger partial charge on any atom is 0.313 e. The molecule has 3 aliphatic carbocycles. The van der Waals surface area contributed by atoms with Gasteiger partial charge in [0.2, 0.25) is 0 Å². The highest BCUT2D eigenvalue weighted by atomic mass is 32.2. The summed E-state index contributed by atoms with van der Waals surface area (Å²) in [6.07, 6.45) is 15.6. The summed E-state index contributed by atoms with van der Waals surface area (Å²) in [5, 5.41) is 13.3. The smallest absolute Gasteiger partial charge is 0.313 e. The van der Waals surface area contributed by atoms with Gasteiger partial charge < -0.3 is 10.4 Å². The van der Waals surface area contributed by atoms with Gasteiger partial charge in [0.1, 0.15) is 0 Å². The largest absolute Gasteiger partial charge is 0.481 e. The molecular weight excluding hydrogens is 356 g/mol. The van der Waals surface area contributed by atoms with Crippen LogP contribution < -0.4 is 5.32 Å². The monoisotopic (exact) mass is 392 g/mol. The van der Waals surface area contributed by atoms with Gasteiger partial charge in [0.15, 0.2) is 5.17 Å². The lowest BCUT2D eigenvalue weighted by Crippen LogP contribution is -2.44. The molecule has 0 aromatic rings. The molecule has 3 saturated carbocycles. The first-order valence-electron chi connectivity index (χ1n) is 11.3. The molecule has 2 N–H and O–H groups in total. The van der Waals surface area contributed by atoms with Crippen LogP contribution in [-0.4, -0.2) is 34.1 Å². The van der Waals surface area contributed by atoms with Crippen LogP contribution in [0.5, 0.6) is 0 Å². The first kappa shape index (κ1) is 19.6. The van der Waals surface area contributed by atoms with Crippen LogP contribution in [-0.2, 0) is 4.79 Å². The van der Waals surface area contributed by atoms with Crippen LogP contribution >= 0.6 is 11.8 Å². The minimum absolute atomic E-state index is 0.107. The molecule has 0 saturated heterocycles. The fourth-order valence-corrected chi connectivity index (χ4v) is 7.27. The number of carboxylic acids is 1. The van der Waals surface area contributed by atoms with E-state index in [-0.39, 0.29) is 5.75 Å². The lowest BCUT2D eigenvalue weighted by atomic mass is 9.63. The van der Waals surface area contributed by atoms with Crippen molar-refractivity contribution in [1.82, 2.24) is 5.32 Å². The Morgan fingerprint density at radius 3 is 2.41 bits per heavy atom. The molecule has 5 heteroatoms. The Morgan fingerprint density at radius 1 is 1.04 bits per heavy atom. The zero-order valence-corrected chi connectivity index (χ0v) is 17.6. The van der Waals surface area contributed by atoms with Gasteiger partial charge in [0, 0.05) is 0 Å². The molecule has 1 heterocycles. The number of carboxylic acid groups (broad SMARTS) is 1. The molecule has 0 aromatic carbocycles. The van der Waals surface area contributed by atoms with Crippen molar-refractivity contribution in [3.63, 3.8) is 0 Å². The number of nitrogens with one attached hydrogen (secondary N) is 1. The van der Waals surface area contributed by atoms with Crippen molar-refractivity contribution in [2.24, 2.45) is 34.6 Å². The Hall–Kier alpha value is -0.710. The highest BCUT2D eigenvalue weighted by molar-refractivity contribution is 8.14. The van der Waals surface area contributed by atoms with Crippen LogP contribution in [0.4, 0.5) is 0 Å². The lowest BCUT2D eigenvalue weighted by molar-refractivity contribution is -0.133. The fourth-order valence-electron chi connectivity index (χ4n) is 6.57. The molecule has 4 atom stereocenters. The number of rotatable bonds is 4. The number of hydrogen-bond donors (Lipinski definition) is 2. The quantitative estimate of drug-likeness (QED) is 0.712. The Kier molecular flexibility index (Phi) is 6.35. The maximum absolute atomic E-state index is 10.8. The fraction of sp³-hybridized carbons (Fsp3) is 0.909. The summed E-state index contributed by atoms with van der Waals surface area (Å²) in [6.45, 7) is 2.44. The van der Waals surface area contributed by atoms with E-state index in [1.54, 1.807) is 0 Å². The van der Waals surface area contributed by atoms with E-state index in [4.69, 9.17) is 10.1 Å². The SMILES string of the molecule is CC1CC2NC(SCC(=O)O)=NC2CC1C1CCC(C2CCCCC2)CC1. The summed E-state index contributed by atoms with van der Waals surface area (Å²) in [7, 11) is 0. The molecule has 27 heavy (non-hydrogen) atoms. The summed E-state index contributed by atoms with van der Waals surface area (Å²) in [6, 6.07) is 0.810. The molecule has 4 aliphatic rings. The first-order chi connectivity index (χ1) is 13.1. The first-order valence-corrected chi connectivity index (χ1v) is 12.3. The summed E-state index contributed by atoms with van der Waals surface area (Å²) in [5.74, 6) is 3.85. The molecule has 0 amide bonds. The van der Waals surface area contributed by atoms with E-state index in [1.165, 1.54) is 82.4 Å². The van der Waals surface area contributed by atoms with E-state index in [9.17, 15) is 4.79 Å². The third-order valence-corrected chi connectivity index (χ3v) is 8.89. The van der Waals surface area contributed by atoms with Gasteiger partial charge in [0.05, 0.1) is 17.8 Å². The van der Waals surface area contributed by atoms with Crippen LogP contribution in [0.3, 0.4) is 0 Å². The number of thioether (sulfide) groups is 1. The van der Waals surface area contributed by atoms with Crippen molar-refractivity contribution in [1.29, 1.82) is 0 Å². The van der Waals surface area contributed by atoms with Gasteiger partial charge in [-0.2, -0.15) is 0 Å². The molecular formula is C22H36N2O2S. The van der Waals surface area contributed by atoms with Crippen LogP contribution in [0, 0.1) is 29.6 Å².